The van der Waals surface area contributed by atoms with Gasteiger partial charge in [0, 0.05) is 25.2 Å². The maximum absolute atomic E-state index is 14.9. The van der Waals surface area contributed by atoms with Gasteiger partial charge in [0.05, 0.1) is 23.5 Å². The second-order valence-electron chi connectivity index (χ2n) is 8.40. The Balaban J connectivity index is 2.10. The maximum atomic E-state index is 14.9. The Hall–Kier alpha value is -2.50. The Bertz CT molecular complexity index is 794. The SMILES string of the molecule is Cc1cccnc1[C@H]1C[C@H](F)C[C@@H](c2ncccc2C)N1C(=O)OC(C)(C)C. The molecule has 1 saturated heterocycles. The van der Waals surface area contributed by atoms with E-state index in [4.69, 9.17) is 4.74 Å². The number of pyridine rings is 2. The summed E-state index contributed by atoms with van der Waals surface area (Å²) in [5.41, 5.74) is 2.60. The first kappa shape index (κ1) is 20.2. The van der Waals surface area contributed by atoms with Crippen LogP contribution in [0.25, 0.3) is 0 Å². The van der Waals surface area contributed by atoms with Crippen molar-refractivity contribution in [2.75, 3.05) is 0 Å². The van der Waals surface area contributed by atoms with E-state index in [2.05, 4.69) is 9.97 Å². The van der Waals surface area contributed by atoms with Crippen molar-refractivity contribution in [2.45, 2.75) is 71.3 Å². The van der Waals surface area contributed by atoms with E-state index in [1.54, 1.807) is 17.3 Å². The van der Waals surface area contributed by atoms with Gasteiger partial charge in [-0.2, -0.15) is 0 Å². The summed E-state index contributed by atoms with van der Waals surface area (Å²) in [5.74, 6) is 0. The molecule has 2 aromatic rings. The van der Waals surface area contributed by atoms with E-state index in [-0.39, 0.29) is 12.8 Å². The van der Waals surface area contributed by atoms with E-state index in [0.717, 1.165) is 11.1 Å². The third kappa shape index (κ3) is 4.32. The van der Waals surface area contributed by atoms with Gasteiger partial charge < -0.3 is 4.74 Å². The third-order valence-corrected chi connectivity index (χ3v) is 4.97. The summed E-state index contributed by atoms with van der Waals surface area (Å²) in [6.07, 6.45) is 2.22. The van der Waals surface area contributed by atoms with Crippen molar-refractivity contribution in [2.24, 2.45) is 0 Å². The van der Waals surface area contributed by atoms with Crippen molar-refractivity contribution in [3.63, 3.8) is 0 Å². The van der Waals surface area contributed by atoms with Gasteiger partial charge in [0.1, 0.15) is 11.8 Å². The van der Waals surface area contributed by atoms with Crippen LogP contribution < -0.4 is 0 Å². The standard InChI is InChI=1S/C22H28FN3O2/c1-14-8-6-10-24-19(14)17-12-16(23)13-18(20-15(2)9-7-11-25-20)26(17)21(27)28-22(3,4)5/h6-11,16-18H,12-13H2,1-5H3/t16-,17+,18-. The fraction of sp³-hybridized carbons (Fsp3) is 0.500. The van der Waals surface area contributed by atoms with Crippen LogP contribution in [0.1, 0.15) is 68.2 Å². The highest BCUT2D eigenvalue weighted by Gasteiger charge is 2.44. The van der Waals surface area contributed by atoms with Gasteiger partial charge in [0.25, 0.3) is 0 Å². The highest BCUT2D eigenvalue weighted by molar-refractivity contribution is 5.70. The molecule has 6 heteroatoms. The molecule has 3 heterocycles. The van der Waals surface area contributed by atoms with Crippen LogP contribution in [0.2, 0.25) is 0 Å². The zero-order chi connectivity index (χ0) is 20.5. The molecule has 0 unspecified atom stereocenters. The normalized spacial score (nSPS) is 22.8. The van der Waals surface area contributed by atoms with Crippen LogP contribution in [0, 0.1) is 13.8 Å². The summed E-state index contributed by atoms with van der Waals surface area (Å²) in [6.45, 7) is 9.34. The Labute approximate surface area is 166 Å². The third-order valence-electron chi connectivity index (χ3n) is 4.97. The number of amides is 1. The number of ether oxygens (including phenoxy) is 1. The number of halogens is 1. The number of aryl methyl sites for hydroxylation is 2. The van der Waals surface area contributed by atoms with Gasteiger partial charge >= 0.3 is 6.09 Å². The zero-order valence-electron chi connectivity index (χ0n) is 17.1. The zero-order valence-corrected chi connectivity index (χ0v) is 17.1. The average molecular weight is 385 g/mol. The lowest BCUT2D eigenvalue weighted by Crippen LogP contribution is -2.47. The highest BCUT2D eigenvalue weighted by Crippen LogP contribution is 2.44. The maximum Gasteiger partial charge on any atom is 0.411 e. The van der Waals surface area contributed by atoms with Crippen molar-refractivity contribution in [3.8, 4) is 0 Å². The molecule has 1 aliphatic rings. The summed E-state index contributed by atoms with van der Waals surface area (Å²) in [6, 6.07) is 6.52. The number of aromatic nitrogens is 2. The Morgan fingerprint density at radius 2 is 1.50 bits per heavy atom. The molecule has 0 spiro atoms. The largest absolute Gasteiger partial charge is 0.444 e. The first-order valence-corrected chi connectivity index (χ1v) is 9.66. The topological polar surface area (TPSA) is 55.3 Å². The lowest BCUT2D eigenvalue weighted by molar-refractivity contribution is -0.0203. The van der Waals surface area contributed by atoms with E-state index >= 15 is 0 Å². The van der Waals surface area contributed by atoms with Crippen molar-refractivity contribution < 1.29 is 13.9 Å². The fourth-order valence-corrected chi connectivity index (χ4v) is 3.77. The van der Waals surface area contributed by atoms with E-state index in [1.165, 1.54) is 0 Å². The number of hydrogen-bond donors (Lipinski definition) is 0. The molecule has 0 aromatic carbocycles. The minimum absolute atomic E-state index is 0.194. The smallest absolute Gasteiger partial charge is 0.411 e. The van der Waals surface area contributed by atoms with Crippen LogP contribution in [-0.4, -0.2) is 32.7 Å². The predicted octanol–water partition coefficient (Wildman–Crippen LogP) is 5.24. The van der Waals surface area contributed by atoms with Gasteiger partial charge in [0.15, 0.2) is 0 Å². The van der Waals surface area contributed by atoms with Gasteiger partial charge in [0.2, 0.25) is 0 Å². The number of hydrogen-bond acceptors (Lipinski definition) is 4. The van der Waals surface area contributed by atoms with Crippen LogP contribution in [0.3, 0.4) is 0 Å². The number of piperidine rings is 1. The molecule has 0 N–H and O–H groups in total. The van der Waals surface area contributed by atoms with Crippen LogP contribution in [0.4, 0.5) is 9.18 Å². The van der Waals surface area contributed by atoms with E-state index in [0.29, 0.717) is 11.4 Å². The van der Waals surface area contributed by atoms with Crippen LogP contribution in [0.5, 0.6) is 0 Å². The van der Waals surface area contributed by atoms with Crippen LogP contribution in [0.15, 0.2) is 36.7 Å². The molecule has 0 bridgehead atoms. The van der Waals surface area contributed by atoms with Crippen LogP contribution >= 0.6 is 0 Å². The van der Waals surface area contributed by atoms with Crippen molar-refractivity contribution in [1.82, 2.24) is 14.9 Å². The molecule has 1 aliphatic heterocycles. The van der Waals surface area contributed by atoms with Crippen molar-refractivity contribution in [1.29, 1.82) is 0 Å². The summed E-state index contributed by atoms with van der Waals surface area (Å²) in [4.78, 5) is 23.8. The van der Waals surface area contributed by atoms with Crippen LogP contribution in [-0.2, 0) is 4.74 Å². The minimum Gasteiger partial charge on any atom is -0.444 e. The lowest BCUT2D eigenvalue weighted by Gasteiger charge is -2.43. The Morgan fingerprint density at radius 3 is 1.89 bits per heavy atom. The first-order valence-electron chi connectivity index (χ1n) is 9.66. The van der Waals surface area contributed by atoms with Gasteiger partial charge in [-0.3, -0.25) is 14.9 Å². The van der Waals surface area contributed by atoms with Gasteiger partial charge in [-0.05, 0) is 57.9 Å². The van der Waals surface area contributed by atoms with Crippen molar-refractivity contribution in [3.05, 3.63) is 59.2 Å². The number of nitrogens with zero attached hydrogens (tertiary/aromatic N) is 3. The molecule has 5 nitrogen and oxygen atoms in total. The Morgan fingerprint density at radius 1 is 1.04 bits per heavy atom. The monoisotopic (exact) mass is 385 g/mol. The second-order valence-corrected chi connectivity index (χ2v) is 8.40. The molecule has 28 heavy (non-hydrogen) atoms. The number of alkyl halides is 1. The molecule has 3 atom stereocenters. The summed E-state index contributed by atoms with van der Waals surface area (Å²) >= 11 is 0. The lowest BCUT2D eigenvalue weighted by atomic mass is 9.88. The molecule has 0 saturated carbocycles. The molecule has 2 aromatic heterocycles. The molecule has 150 valence electrons. The molecule has 0 aliphatic carbocycles. The molecular weight excluding hydrogens is 357 g/mol. The van der Waals surface area contributed by atoms with E-state index in [9.17, 15) is 9.18 Å². The summed E-state index contributed by atoms with van der Waals surface area (Å²) in [5, 5.41) is 0. The van der Waals surface area contributed by atoms with Gasteiger partial charge in [-0.1, -0.05) is 12.1 Å². The molecule has 3 rings (SSSR count). The highest BCUT2D eigenvalue weighted by atomic mass is 19.1. The minimum atomic E-state index is -1.06. The molecule has 1 fully saturated rings. The quantitative estimate of drug-likeness (QED) is 0.709. The number of carbonyl (C=O) groups excluding carboxylic acids is 1. The second kappa shape index (κ2) is 7.86. The number of carbonyl (C=O) groups is 1. The predicted molar refractivity (Wildman–Crippen MR) is 106 cm³/mol. The van der Waals surface area contributed by atoms with Crippen molar-refractivity contribution >= 4 is 6.09 Å². The van der Waals surface area contributed by atoms with E-state index < -0.39 is 29.9 Å². The summed E-state index contributed by atoms with van der Waals surface area (Å²) in [7, 11) is 0. The number of rotatable bonds is 2. The Kier molecular flexibility index (Phi) is 5.68. The van der Waals surface area contributed by atoms with E-state index in [1.807, 2.05) is 58.9 Å². The number of likely N-dealkylation sites (tertiary alicyclic amines) is 1. The van der Waals surface area contributed by atoms with Gasteiger partial charge in [-0.25, -0.2) is 9.18 Å². The molecular formula is C22H28FN3O2. The molecule has 1 amide bonds. The molecule has 0 radical (unpaired) electrons. The first-order chi connectivity index (χ1) is 13.2. The summed E-state index contributed by atoms with van der Waals surface area (Å²) < 4.78 is 20.6. The average Bonchev–Trinajstić information content (AvgIpc) is 2.60. The fourth-order valence-electron chi connectivity index (χ4n) is 3.77. The van der Waals surface area contributed by atoms with Gasteiger partial charge in [-0.15, -0.1) is 0 Å².